The predicted molar refractivity (Wildman–Crippen MR) is 42.8 cm³/mol. The molecule has 0 N–H and O–H groups in total. The van der Waals surface area contributed by atoms with Crippen molar-refractivity contribution >= 4 is 31.9 Å². The lowest BCUT2D eigenvalue weighted by atomic mass is 10.4. The number of alkyl halides is 2. The van der Waals surface area contributed by atoms with Gasteiger partial charge in [0.1, 0.15) is 0 Å². The summed E-state index contributed by atoms with van der Waals surface area (Å²) < 4.78 is 0. The zero-order valence-electron chi connectivity index (χ0n) is 4.63. The van der Waals surface area contributed by atoms with E-state index in [1.165, 1.54) is 5.01 Å². The highest BCUT2D eigenvalue weighted by atomic mass is 79.9. The van der Waals surface area contributed by atoms with Gasteiger partial charge in [0.25, 0.3) is 0 Å². The van der Waals surface area contributed by atoms with Crippen LogP contribution in [0.1, 0.15) is 0 Å². The number of halogens is 2. The van der Waals surface area contributed by atoms with Gasteiger partial charge in [-0.15, -0.1) is 4.91 Å². The van der Waals surface area contributed by atoms with E-state index >= 15 is 0 Å². The summed E-state index contributed by atoms with van der Waals surface area (Å²) in [5.41, 5.74) is 0. The molecule has 1 saturated heterocycles. The van der Waals surface area contributed by atoms with Gasteiger partial charge in [0.05, 0.1) is 18.4 Å². The molecule has 2 unspecified atom stereocenters. The second-order valence-electron chi connectivity index (χ2n) is 1.99. The molecule has 0 spiro atoms. The zero-order valence-corrected chi connectivity index (χ0v) is 7.80. The Kier molecular flexibility index (Phi) is 2.46. The quantitative estimate of drug-likeness (QED) is 0.527. The van der Waals surface area contributed by atoms with Gasteiger partial charge in [0, 0.05) is 9.65 Å². The van der Waals surface area contributed by atoms with Crippen molar-refractivity contribution in [2.75, 3.05) is 13.1 Å². The number of hydrogen-bond acceptors (Lipinski definition) is 2. The van der Waals surface area contributed by atoms with Crippen LogP contribution in [0.15, 0.2) is 5.29 Å². The maximum absolute atomic E-state index is 9.93. The van der Waals surface area contributed by atoms with Crippen molar-refractivity contribution in [1.82, 2.24) is 5.01 Å². The van der Waals surface area contributed by atoms with Crippen LogP contribution < -0.4 is 0 Å². The highest BCUT2D eigenvalue weighted by molar-refractivity contribution is 9.12. The molecule has 1 aliphatic heterocycles. The van der Waals surface area contributed by atoms with Crippen LogP contribution >= 0.6 is 31.9 Å². The summed E-state index contributed by atoms with van der Waals surface area (Å²) in [6.45, 7) is 1.42. The van der Waals surface area contributed by atoms with Crippen LogP contribution in [0.3, 0.4) is 0 Å². The van der Waals surface area contributed by atoms with Crippen molar-refractivity contribution in [1.29, 1.82) is 0 Å². The molecule has 1 rings (SSSR count). The normalized spacial score (nSPS) is 35.1. The second kappa shape index (κ2) is 2.96. The highest BCUT2D eigenvalue weighted by Crippen LogP contribution is 2.23. The molecule has 1 heterocycles. The largest absolute Gasteiger partial charge is 0.259 e. The van der Waals surface area contributed by atoms with Crippen LogP contribution in [0.4, 0.5) is 0 Å². The number of nitrogens with zero attached hydrogens (tertiary/aromatic N) is 2. The first-order valence-corrected chi connectivity index (χ1v) is 4.43. The summed E-state index contributed by atoms with van der Waals surface area (Å²) in [6.07, 6.45) is 0. The Morgan fingerprint density at radius 3 is 2.00 bits per heavy atom. The first-order valence-electron chi connectivity index (χ1n) is 2.60. The summed E-state index contributed by atoms with van der Waals surface area (Å²) >= 11 is 6.79. The molecule has 5 heteroatoms. The molecule has 0 aliphatic carbocycles. The molecule has 0 aromatic carbocycles. The van der Waals surface area contributed by atoms with Gasteiger partial charge in [-0.1, -0.05) is 31.9 Å². The third kappa shape index (κ3) is 1.64. The summed E-state index contributed by atoms with van der Waals surface area (Å²) in [5.74, 6) is 0. The highest BCUT2D eigenvalue weighted by Gasteiger charge is 2.28. The van der Waals surface area contributed by atoms with Crippen LogP contribution in [0.5, 0.6) is 0 Å². The predicted octanol–water partition coefficient (Wildman–Crippen LogP) is 1.51. The van der Waals surface area contributed by atoms with E-state index in [1.54, 1.807) is 0 Å². The third-order valence-corrected chi connectivity index (χ3v) is 3.84. The van der Waals surface area contributed by atoms with Crippen LogP contribution in [-0.4, -0.2) is 27.8 Å². The van der Waals surface area contributed by atoms with Crippen molar-refractivity contribution in [3.8, 4) is 0 Å². The lowest BCUT2D eigenvalue weighted by Crippen LogP contribution is -2.11. The zero-order chi connectivity index (χ0) is 6.85. The molecule has 1 fully saturated rings. The molecule has 52 valence electrons. The monoisotopic (exact) mass is 256 g/mol. The van der Waals surface area contributed by atoms with Crippen molar-refractivity contribution in [2.45, 2.75) is 9.65 Å². The molecule has 2 atom stereocenters. The number of nitroso groups, excluding NO2 is 1. The second-order valence-corrected chi connectivity index (χ2v) is 4.34. The first-order chi connectivity index (χ1) is 4.24. The van der Waals surface area contributed by atoms with E-state index in [1.807, 2.05) is 0 Å². The molecular weight excluding hydrogens is 252 g/mol. The molecular formula is C4H6Br2N2O. The fourth-order valence-corrected chi connectivity index (χ4v) is 1.78. The van der Waals surface area contributed by atoms with Gasteiger partial charge >= 0.3 is 0 Å². The van der Waals surface area contributed by atoms with E-state index in [2.05, 4.69) is 37.1 Å². The Labute approximate surface area is 70.0 Å². The van der Waals surface area contributed by atoms with Gasteiger partial charge in [-0.25, -0.2) is 0 Å². The Morgan fingerprint density at radius 2 is 1.78 bits per heavy atom. The SMILES string of the molecule is O=NN1CC(Br)C(Br)C1. The topological polar surface area (TPSA) is 32.7 Å². The van der Waals surface area contributed by atoms with Crippen molar-refractivity contribution < 1.29 is 0 Å². The molecule has 0 saturated carbocycles. The van der Waals surface area contributed by atoms with Gasteiger partial charge in [0.15, 0.2) is 0 Å². The lowest BCUT2D eigenvalue weighted by molar-refractivity contribution is 0.358. The van der Waals surface area contributed by atoms with E-state index in [0.717, 1.165) is 0 Å². The van der Waals surface area contributed by atoms with Gasteiger partial charge in [-0.05, 0) is 0 Å². The van der Waals surface area contributed by atoms with Gasteiger partial charge in [-0.2, -0.15) is 0 Å². The summed E-state index contributed by atoms with van der Waals surface area (Å²) in [7, 11) is 0. The van der Waals surface area contributed by atoms with Gasteiger partial charge in [-0.3, -0.25) is 5.01 Å². The molecule has 1 aliphatic rings. The molecule has 9 heavy (non-hydrogen) atoms. The standard InChI is InChI=1S/C4H6Br2N2O/c5-3-1-8(7-9)2-4(3)6/h3-4H,1-2H2. The molecule has 0 amide bonds. The van der Waals surface area contributed by atoms with Crippen molar-refractivity contribution in [2.24, 2.45) is 5.29 Å². The smallest absolute Gasteiger partial charge is 0.0529 e. The number of hydrogen-bond donors (Lipinski definition) is 0. The fraction of sp³-hybridized carbons (Fsp3) is 1.00. The number of rotatable bonds is 1. The maximum atomic E-state index is 9.93. The molecule has 3 nitrogen and oxygen atoms in total. The fourth-order valence-electron chi connectivity index (χ4n) is 0.773. The van der Waals surface area contributed by atoms with E-state index in [-0.39, 0.29) is 0 Å². The minimum absolute atomic E-state index is 0.357. The Bertz CT molecular complexity index is 111. The first kappa shape index (κ1) is 7.47. The van der Waals surface area contributed by atoms with E-state index in [9.17, 15) is 4.91 Å². The van der Waals surface area contributed by atoms with Crippen LogP contribution in [0.2, 0.25) is 0 Å². The van der Waals surface area contributed by atoms with Gasteiger partial charge < -0.3 is 0 Å². The maximum Gasteiger partial charge on any atom is 0.0529 e. The minimum Gasteiger partial charge on any atom is -0.259 e. The summed E-state index contributed by atoms with van der Waals surface area (Å²) in [6, 6.07) is 0. The Morgan fingerprint density at radius 1 is 1.33 bits per heavy atom. The van der Waals surface area contributed by atoms with Crippen molar-refractivity contribution in [3.63, 3.8) is 0 Å². The summed E-state index contributed by atoms with van der Waals surface area (Å²) in [4.78, 5) is 10.6. The minimum atomic E-state index is 0.357. The Hall–Kier alpha value is 0.360. The lowest BCUT2D eigenvalue weighted by Gasteiger charge is -2.01. The van der Waals surface area contributed by atoms with Crippen molar-refractivity contribution in [3.05, 3.63) is 4.91 Å². The average molecular weight is 258 g/mol. The van der Waals surface area contributed by atoms with E-state index in [0.29, 0.717) is 22.7 Å². The molecule has 0 bridgehead atoms. The third-order valence-electron chi connectivity index (χ3n) is 1.28. The molecule has 0 radical (unpaired) electrons. The molecule has 0 aromatic heterocycles. The van der Waals surface area contributed by atoms with Crippen LogP contribution in [0, 0.1) is 4.91 Å². The Balaban J connectivity index is 2.43. The summed E-state index contributed by atoms with van der Waals surface area (Å²) in [5, 5.41) is 4.31. The molecule has 0 aromatic rings. The van der Waals surface area contributed by atoms with E-state index < -0.39 is 0 Å². The van der Waals surface area contributed by atoms with Crippen LogP contribution in [0.25, 0.3) is 0 Å². The average Bonchev–Trinajstić information content (AvgIpc) is 2.13. The van der Waals surface area contributed by atoms with Crippen LogP contribution in [-0.2, 0) is 0 Å². The van der Waals surface area contributed by atoms with Gasteiger partial charge in [0.2, 0.25) is 0 Å². The van der Waals surface area contributed by atoms with E-state index in [4.69, 9.17) is 0 Å².